The first-order chi connectivity index (χ1) is 13.0. The van der Waals surface area contributed by atoms with Gasteiger partial charge >= 0.3 is 0 Å². The van der Waals surface area contributed by atoms with Crippen LogP contribution in [-0.4, -0.2) is 0 Å². The number of aryl methyl sites for hydroxylation is 1. The summed E-state index contributed by atoms with van der Waals surface area (Å²) in [6.45, 7) is 12.7. The van der Waals surface area contributed by atoms with Crippen LogP contribution in [0.1, 0.15) is 70.3 Å². The third-order valence-corrected chi connectivity index (χ3v) is 4.54. The fourth-order valence-corrected chi connectivity index (χ4v) is 3.23. The molecule has 0 saturated carbocycles. The highest BCUT2D eigenvalue weighted by Crippen LogP contribution is 2.27. The summed E-state index contributed by atoms with van der Waals surface area (Å²) < 4.78 is 2.30. The molecule has 2 heteroatoms. The Morgan fingerprint density at radius 1 is 1.11 bits per heavy atom. The van der Waals surface area contributed by atoms with Crippen molar-refractivity contribution in [3.63, 3.8) is 0 Å². The number of allylic oxidation sites excluding steroid dienone is 1. The second-order valence-electron chi connectivity index (χ2n) is 6.76. The number of rotatable bonds is 2. The van der Waals surface area contributed by atoms with Gasteiger partial charge in [0.05, 0.1) is 17.2 Å². The third-order valence-electron chi connectivity index (χ3n) is 4.54. The second-order valence-corrected chi connectivity index (χ2v) is 6.76. The van der Waals surface area contributed by atoms with Gasteiger partial charge in [0, 0.05) is 18.1 Å². The van der Waals surface area contributed by atoms with Gasteiger partial charge in [0.25, 0.3) is 0 Å². The molecule has 1 aliphatic carbocycles. The van der Waals surface area contributed by atoms with E-state index in [1.165, 1.54) is 34.5 Å². The maximum Gasteiger partial charge on any atom is 0.212 e. The van der Waals surface area contributed by atoms with E-state index in [0.717, 1.165) is 18.4 Å². The molecule has 1 aromatic carbocycles. The average molecular weight is 364 g/mol. The van der Waals surface area contributed by atoms with Crippen molar-refractivity contribution in [1.82, 2.24) is 0 Å². The molecule has 144 valence electrons. The molecule has 27 heavy (non-hydrogen) atoms. The summed E-state index contributed by atoms with van der Waals surface area (Å²) in [6.07, 6.45) is 7.78. The van der Waals surface area contributed by atoms with Gasteiger partial charge in [-0.2, -0.15) is 9.83 Å². The quantitative estimate of drug-likeness (QED) is 0.579. The number of hydrogen-bond acceptors (Lipinski definition) is 1. The highest BCUT2D eigenvalue weighted by Gasteiger charge is 2.23. The molecule has 1 unspecified atom stereocenters. The molecule has 3 rings (SSSR count). The molecule has 1 heterocycles. The fourth-order valence-electron chi connectivity index (χ4n) is 3.23. The number of aromatic nitrogens is 1. The number of nitriles is 1. The van der Waals surface area contributed by atoms with Crippen LogP contribution in [-0.2, 0) is 19.9 Å². The first-order valence-electron chi connectivity index (χ1n) is 10.3. The van der Waals surface area contributed by atoms with Crippen LogP contribution < -0.4 is 4.57 Å². The Morgan fingerprint density at radius 3 is 2.37 bits per heavy atom. The smallest absolute Gasteiger partial charge is 0.198 e. The van der Waals surface area contributed by atoms with Gasteiger partial charge in [0.15, 0.2) is 5.69 Å². The molecule has 0 N–H and O–H groups in total. The summed E-state index contributed by atoms with van der Waals surface area (Å²) in [5, 5.41) is 9.20. The van der Waals surface area contributed by atoms with Crippen molar-refractivity contribution >= 4 is 6.08 Å². The SMILES string of the molecule is CC.CCC.CCc1ccc(C#N)cc1-c1ccc2c([n+]1C)CC(C)C=C2. The summed E-state index contributed by atoms with van der Waals surface area (Å²) >= 11 is 0. The van der Waals surface area contributed by atoms with Gasteiger partial charge in [-0.15, -0.1) is 0 Å². The van der Waals surface area contributed by atoms with E-state index in [1.54, 1.807) is 0 Å². The zero-order chi connectivity index (χ0) is 20.4. The van der Waals surface area contributed by atoms with E-state index in [9.17, 15) is 5.26 Å². The predicted octanol–water partition coefficient (Wildman–Crippen LogP) is 6.26. The van der Waals surface area contributed by atoms with Gasteiger partial charge in [-0.25, -0.2) is 0 Å². The average Bonchev–Trinajstić information content (AvgIpc) is 2.70. The Bertz CT molecular complexity index is 810. The number of fused-ring (bicyclic) bond motifs is 1. The lowest BCUT2D eigenvalue weighted by Gasteiger charge is -2.16. The van der Waals surface area contributed by atoms with Crippen LogP contribution in [0.15, 0.2) is 36.4 Å². The normalized spacial score (nSPS) is 14.1. The number of hydrogen-bond donors (Lipinski definition) is 0. The molecular formula is C25H35N2+. The number of pyridine rings is 1. The third kappa shape index (κ3) is 5.54. The van der Waals surface area contributed by atoms with Crippen molar-refractivity contribution in [1.29, 1.82) is 5.26 Å². The Balaban J connectivity index is 0.000000665. The van der Waals surface area contributed by atoms with Crippen molar-refractivity contribution in [2.75, 3.05) is 0 Å². The monoisotopic (exact) mass is 363 g/mol. The second kappa shape index (κ2) is 11.3. The number of nitrogens with zero attached hydrogens (tertiary/aromatic N) is 2. The van der Waals surface area contributed by atoms with Crippen LogP contribution in [0.2, 0.25) is 0 Å². The Morgan fingerprint density at radius 2 is 1.78 bits per heavy atom. The van der Waals surface area contributed by atoms with Crippen LogP contribution in [0.25, 0.3) is 17.3 Å². The number of benzene rings is 1. The molecular weight excluding hydrogens is 328 g/mol. The molecule has 1 aromatic heterocycles. The predicted molar refractivity (Wildman–Crippen MR) is 116 cm³/mol. The highest BCUT2D eigenvalue weighted by molar-refractivity contribution is 5.65. The van der Waals surface area contributed by atoms with Crippen LogP contribution in [0.4, 0.5) is 0 Å². The minimum Gasteiger partial charge on any atom is -0.198 e. The largest absolute Gasteiger partial charge is 0.212 e. The molecule has 2 nitrogen and oxygen atoms in total. The van der Waals surface area contributed by atoms with E-state index in [4.69, 9.17) is 0 Å². The molecule has 0 bridgehead atoms. The van der Waals surface area contributed by atoms with Gasteiger partial charge in [-0.3, -0.25) is 0 Å². The molecule has 0 fully saturated rings. The summed E-state index contributed by atoms with van der Waals surface area (Å²) in [7, 11) is 2.14. The molecule has 0 spiro atoms. The molecule has 1 atom stereocenters. The standard InChI is InChI=1S/C20H21N2.C3H8.C2H6/c1-4-16-8-6-15(13-21)12-18(16)19-10-9-17-7-5-14(2)11-20(17)22(19)3;1-3-2;1-2/h5-10,12,14H,4,11H2,1-3H3;3H2,1-2H3;1-2H3/q+1;;. The van der Waals surface area contributed by atoms with Gasteiger partial charge < -0.3 is 0 Å². The van der Waals surface area contributed by atoms with Crippen molar-refractivity contribution in [2.45, 2.75) is 60.8 Å². The molecule has 0 aliphatic heterocycles. The van der Waals surface area contributed by atoms with Crippen molar-refractivity contribution < 1.29 is 4.57 Å². The van der Waals surface area contributed by atoms with Gasteiger partial charge in [0.2, 0.25) is 5.69 Å². The van der Waals surface area contributed by atoms with Gasteiger partial charge in [-0.05, 0) is 36.1 Å². The topological polar surface area (TPSA) is 27.7 Å². The van der Waals surface area contributed by atoms with Gasteiger partial charge in [0.1, 0.15) is 7.05 Å². The van der Waals surface area contributed by atoms with Gasteiger partial charge in [-0.1, -0.05) is 66.2 Å². The van der Waals surface area contributed by atoms with E-state index in [0.29, 0.717) is 5.92 Å². The van der Waals surface area contributed by atoms with E-state index >= 15 is 0 Å². The van der Waals surface area contributed by atoms with E-state index in [2.05, 4.69) is 75.7 Å². The molecule has 0 saturated heterocycles. The Labute approximate surface area is 166 Å². The Hall–Kier alpha value is -2.40. The first-order valence-corrected chi connectivity index (χ1v) is 10.3. The lowest BCUT2D eigenvalue weighted by atomic mass is 9.92. The summed E-state index contributed by atoms with van der Waals surface area (Å²) in [6, 6.07) is 12.6. The summed E-state index contributed by atoms with van der Waals surface area (Å²) in [4.78, 5) is 0. The minimum absolute atomic E-state index is 0.574. The van der Waals surface area contributed by atoms with Crippen molar-refractivity contribution in [2.24, 2.45) is 13.0 Å². The first kappa shape index (κ1) is 22.6. The lowest BCUT2D eigenvalue weighted by Crippen LogP contribution is -2.38. The summed E-state index contributed by atoms with van der Waals surface area (Å²) in [5.41, 5.74) is 7.05. The summed E-state index contributed by atoms with van der Waals surface area (Å²) in [5.74, 6) is 0.574. The van der Waals surface area contributed by atoms with Crippen LogP contribution >= 0.6 is 0 Å². The van der Waals surface area contributed by atoms with E-state index in [-0.39, 0.29) is 0 Å². The van der Waals surface area contributed by atoms with Crippen LogP contribution in [0.3, 0.4) is 0 Å². The van der Waals surface area contributed by atoms with Crippen LogP contribution in [0, 0.1) is 17.2 Å². The van der Waals surface area contributed by atoms with Crippen molar-refractivity contribution in [3.8, 4) is 17.3 Å². The maximum absolute atomic E-state index is 9.20. The fraction of sp³-hybridized carbons (Fsp3) is 0.440. The highest BCUT2D eigenvalue weighted by atomic mass is 15.0. The Kier molecular flexibility index (Phi) is 9.51. The van der Waals surface area contributed by atoms with Crippen LogP contribution in [0.5, 0.6) is 0 Å². The zero-order valence-electron chi connectivity index (χ0n) is 18.1. The van der Waals surface area contributed by atoms with E-state index in [1.807, 2.05) is 26.0 Å². The minimum atomic E-state index is 0.574. The molecule has 1 aliphatic rings. The zero-order valence-corrected chi connectivity index (χ0v) is 18.1. The molecule has 0 radical (unpaired) electrons. The van der Waals surface area contributed by atoms with E-state index < -0.39 is 0 Å². The maximum atomic E-state index is 9.20. The molecule has 0 amide bonds. The lowest BCUT2D eigenvalue weighted by molar-refractivity contribution is -0.668. The van der Waals surface area contributed by atoms with Crippen molar-refractivity contribution in [3.05, 3.63) is 58.8 Å². The molecule has 2 aromatic rings.